The molecular weight excluding hydrogens is 635 g/mol. The van der Waals surface area contributed by atoms with Gasteiger partial charge in [0.05, 0.1) is 0 Å². The van der Waals surface area contributed by atoms with Crippen molar-refractivity contribution in [3.05, 3.63) is 169 Å². The van der Waals surface area contributed by atoms with Gasteiger partial charge in [-0.05, 0) is 80.4 Å². The summed E-state index contributed by atoms with van der Waals surface area (Å²) >= 11 is 0. The number of benzene rings is 6. The number of para-hydroxylation sites is 1. The van der Waals surface area contributed by atoms with Crippen LogP contribution in [0.2, 0.25) is 0 Å². The van der Waals surface area contributed by atoms with Gasteiger partial charge in [0.25, 0.3) is 0 Å². The van der Waals surface area contributed by atoms with Gasteiger partial charge >= 0.3 is 0 Å². The Labute approximate surface area is 300 Å². The van der Waals surface area contributed by atoms with Gasteiger partial charge in [0.15, 0.2) is 17.5 Å². The Hall–Kier alpha value is -6.65. The number of furan rings is 1. The van der Waals surface area contributed by atoms with Crippen LogP contribution in [0.5, 0.6) is 0 Å². The predicted molar refractivity (Wildman–Crippen MR) is 212 cm³/mol. The molecule has 8 aromatic rings. The first-order valence-corrected chi connectivity index (χ1v) is 17.8. The van der Waals surface area contributed by atoms with Crippen LogP contribution in [0.4, 0.5) is 0 Å². The van der Waals surface area contributed by atoms with Gasteiger partial charge in [0.2, 0.25) is 0 Å². The molecule has 4 nitrogen and oxygen atoms in total. The third-order valence-electron chi connectivity index (χ3n) is 11.1. The van der Waals surface area contributed by atoms with Gasteiger partial charge in [-0.1, -0.05) is 140 Å². The van der Waals surface area contributed by atoms with E-state index in [0.717, 1.165) is 56.2 Å². The van der Waals surface area contributed by atoms with Crippen LogP contribution in [0.25, 0.3) is 94.4 Å². The molecule has 52 heavy (non-hydrogen) atoms. The first-order chi connectivity index (χ1) is 25.6. The number of rotatable bonds is 4. The minimum atomic E-state index is -0.0414. The van der Waals surface area contributed by atoms with Crippen molar-refractivity contribution in [3.8, 4) is 56.2 Å². The average molecular weight is 666 g/mol. The second kappa shape index (κ2) is 10.9. The van der Waals surface area contributed by atoms with E-state index in [1.807, 2.05) is 30.3 Å². The summed E-state index contributed by atoms with van der Waals surface area (Å²) in [4.78, 5) is 15.8. The molecular formula is C48H31N3O. The van der Waals surface area contributed by atoms with Crippen molar-refractivity contribution in [1.29, 1.82) is 0 Å². The molecule has 0 spiro atoms. The molecule has 0 amide bonds. The Morgan fingerprint density at radius 3 is 2.12 bits per heavy atom. The standard InChI is InChI=1S/C48H31N3O/c1-48-26-10-9-14-31(48)28-30(25-27-48)46-49-45(29-12-3-2-4-13-29)50-47(51-46)44-38(23-24-41-43(44)39-17-7-8-20-40(39)52-41)34-21-22-37-33-16-6-5-15-32(33)35-18-11-19-36(34)42(35)37/h2-26,28H,27H2,1H3. The Kier molecular flexibility index (Phi) is 6.12. The molecule has 6 aromatic carbocycles. The van der Waals surface area contributed by atoms with Crippen LogP contribution >= 0.6 is 0 Å². The summed E-state index contributed by atoms with van der Waals surface area (Å²) in [5.41, 5.74) is 13.0. The van der Waals surface area contributed by atoms with Crippen LogP contribution in [-0.2, 0) is 0 Å². The lowest BCUT2D eigenvalue weighted by Crippen LogP contribution is -2.19. The van der Waals surface area contributed by atoms with Crippen LogP contribution in [0.1, 0.15) is 19.2 Å². The smallest absolute Gasteiger partial charge is 0.165 e. The highest BCUT2D eigenvalue weighted by molar-refractivity contribution is 6.21. The third-order valence-corrected chi connectivity index (χ3v) is 11.1. The molecule has 3 aliphatic rings. The number of allylic oxidation sites excluding steroid dienone is 8. The van der Waals surface area contributed by atoms with Crippen molar-refractivity contribution >= 4 is 38.3 Å². The van der Waals surface area contributed by atoms with Crippen LogP contribution in [0.15, 0.2) is 168 Å². The zero-order valence-corrected chi connectivity index (χ0v) is 28.5. The summed E-state index contributed by atoms with van der Waals surface area (Å²) in [6.07, 6.45) is 14.1. The van der Waals surface area contributed by atoms with E-state index in [1.165, 1.54) is 38.6 Å². The number of hydrogen-bond acceptors (Lipinski definition) is 4. The first kappa shape index (κ1) is 29.1. The third kappa shape index (κ3) is 4.24. The fraction of sp³-hybridized carbons (Fsp3) is 0.0625. The van der Waals surface area contributed by atoms with Crippen LogP contribution < -0.4 is 0 Å². The van der Waals surface area contributed by atoms with Gasteiger partial charge in [-0.15, -0.1) is 0 Å². The van der Waals surface area contributed by atoms with Gasteiger partial charge < -0.3 is 4.42 Å². The highest BCUT2D eigenvalue weighted by Crippen LogP contribution is 2.51. The molecule has 0 N–H and O–H groups in total. The molecule has 0 saturated heterocycles. The molecule has 4 heteroatoms. The molecule has 0 saturated carbocycles. The molecule has 0 radical (unpaired) electrons. The highest BCUT2D eigenvalue weighted by Gasteiger charge is 2.30. The summed E-state index contributed by atoms with van der Waals surface area (Å²) in [6, 6.07) is 42.7. The van der Waals surface area contributed by atoms with Gasteiger partial charge in [-0.3, -0.25) is 0 Å². The summed E-state index contributed by atoms with van der Waals surface area (Å²) in [5.74, 6) is 1.92. The molecule has 0 fully saturated rings. The molecule has 1 atom stereocenters. The summed E-state index contributed by atoms with van der Waals surface area (Å²) in [5, 5.41) is 4.51. The second-order valence-electron chi connectivity index (χ2n) is 14.2. The zero-order chi connectivity index (χ0) is 34.4. The van der Waals surface area contributed by atoms with Gasteiger partial charge in [-0.25, -0.2) is 15.0 Å². The lowest BCUT2D eigenvalue weighted by Gasteiger charge is -2.32. The van der Waals surface area contributed by atoms with Gasteiger partial charge in [-0.2, -0.15) is 0 Å². The Balaban J connectivity index is 1.22. The molecule has 0 aliphatic heterocycles. The fourth-order valence-corrected chi connectivity index (χ4v) is 8.47. The van der Waals surface area contributed by atoms with Crippen molar-refractivity contribution in [2.24, 2.45) is 5.41 Å². The monoisotopic (exact) mass is 665 g/mol. The number of fused-ring (bicyclic) bond motifs is 7. The molecule has 3 aliphatic carbocycles. The largest absolute Gasteiger partial charge is 0.456 e. The maximum Gasteiger partial charge on any atom is 0.165 e. The van der Waals surface area contributed by atoms with E-state index in [9.17, 15) is 0 Å². The van der Waals surface area contributed by atoms with E-state index >= 15 is 0 Å². The number of hydrogen-bond donors (Lipinski definition) is 0. The van der Waals surface area contributed by atoms with E-state index in [4.69, 9.17) is 19.4 Å². The fourth-order valence-electron chi connectivity index (χ4n) is 8.47. The minimum absolute atomic E-state index is 0.0414. The number of aromatic nitrogens is 3. The number of nitrogens with zero attached hydrogens (tertiary/aromatic N) is 3. The lowest BCUT2D eigenvalue weighted by atomic mass is 9.73. The van der Waals surface area contributed by atoms with E-state index in [1.54, 1.807) is 0 Å². The Bertz CT molecular complexity index is 2910. The molecule has 11 rings (SSSR count). The maximum absolute atomic E-state index is 6.51. The summed E-state index contributed by atoms with van der Waals surface area (Å²) < 4.78 is 6.51. The molecule has 2 heterocycles. The Morgan fingerprint density at radius 2 is 1.23 bits per heavy atom. The van der Waals surface area contributed by atoms with Crippen LogP contribution in [0.3, 0.4) is 0 Å². The average Bonchev–Trinajstić information content (AvgIpc) is 3.74. The van der Waals surface area contributed by atoms with Crippen LogP contribution in [0, 0.1) is 5.41 Å². The quantitative estimate of drug-likeness (QED) is 0.188. The molecule has 244 valence electrons. The SMILES string of the molecule is CC12C=CC=CC1=CC(c1nc(-c3ccccc3)nc(-c3c(-c4ccc5c6c(cccc46)-c4ccccc4-5)ccc4oc5ccccc5c34)n1)=CC2. The van der Waals surface area contributed by atoms with Crippen molar-refractivity contribution < 1.29 is 4.42 Å². The lowest BCUT2D eigenvalue weighted by molar-refractivity contribution is 0.528. The minimum Gasteiger partial charge on any atom is -0.456 e. The van der Waals surface area contributed by atoms with Crippen molar-refractivity contribution in [1.82, 2.24) is 15.0 Å². The van der Waals surface area contributed by atoms with E-state index in [2.05, 4.69) is 134 Å². The van der Waals surface area contributed by atoms with Crippen LogP contribution in [-0.4, -0.2) is 15.0 Å². The van der Waals surface area contributed by atoms with E-state index in [-0.39, 0.29) is 5.41 Å². The van der Waals surface area contributed by atoms with E-state index in [0.29, 0.717) is 17.5 Å². The molecule has 1 unspecified atom stereocenters. The van der Waals surface area contributed by atoms with Gasteiger partial charge in [0, 0.05) is 32.9 Å². The summed E-state index contributed by atoms with van der Waals surface area (Å²) in [6.45, 7) is 2.29. The maximum atomic E-state index is 6.51. The highest BCUT2D eigenvalue weighted by atomic mass is 16.3. The van der Waals surface area contributed by atoms with Gasteiger partial charge in [0.1, 0.15) is 11.2 Å². The topological polar surface area (TPSA) is 51.8 Å². The van der Waals surface area contributed by atoms with Crippen molar-refractivity contribution in [3.63, 3.8) is 0 Å². The second-order valence-corrected chi connectivity index (χ2v) is 14.2. The predicted octanol–water partition coefficient (Wildman–Crippen LogP) is 12.4. The first-order valence-electron chi connectivity index (χ1n) is 17.8. The van der Waals surface area contributed by atoms with Crippen molar-refractivity contribution in [2.45, 2.75) is 13.3 Å². The normalized spacial score (nSPS) is 17.0. The Morgan fingerprint density at radius 1 is 0.538 bits per heavy atom. The van der Waals surface area contributed by atoms with Crippen molar-refractivity contribution in [2.75, 3.05) is 0 Å². The molecule has 0 bridgehead atoms. The summed E-state index contributed by atoms with van der Waals surface area (Å²) in [7, 11) is 0. The van der Waals surface area contributed by atoms with E-state index < -0.39 is 0 Å². The zero-order valence-electron chi connectivity index (χ0n) is 28.5. The molecule has 2 aromatic heterocycles.